The van der Waals surface area contributed by atoms with Gasteiger partial charge in [0.2, 0.25) is 5.88 Å². The highest BCUT2D eigenvalue weighted by molar-refractivity contribution is 5.93. The van der Waals surface area contributed by atoms with E-state index in [4.69, 9.17) is 4.74 Å². The molecule has 2 fully saturated rings. The van der Waals surface area contributed by atoms with E-state index in [1.54, 1.807) is 7.11 Å². The lowest BCUT2D eigenvalue weighted by Crippen LogP contribution is -2.29. The van der Waals surface area contributed by atoms with Crippen LogP contribution < -0.4 is 4.74 Å². The molecule has 0 spiro atoms. The molecule has 120 valence electrons. The molecule has 2 aromatic heterocycles. The molecule has 1 saturated heterocycles. The van der Waals surface area contributed by atoms with Gasteiger partial charge in [0.25, 0.3) is 0 Å². The van der Waals surface area contributed by atoms with E-state index in [-0.39, 0.29) is 0 Å². The third-order valence-corrected chi connectivity index (χ3v) is 5.05. The number of aromatic nitrogens is 2. The van der Waals surface area contributed by atoms with Crippen molar-refractivity contribution in [3.8, 4) is 11.9 Å². The van der Waals surface area contributed by atoms with Crippen molar-refractivity contribution >= 4 is 10.9 Å². The van der Waals surface area contributed by atoms with Crippen LogP contribution in [0.15, 0.2) is 6.20 Å². The largest absolute Gasteiger partial charge is 0.479 e. The zero-order valence-corrected chi connectivity index (χ0v) is 13.6. The molecule has 0 aromatic carbocycles. The Bertz CT molecular complexity index is 763. The third kappa shape index (κ3) is 2.57. The molecule has 0 radical (unpaired) electrons. The minimum absolute atomic E-state index is 0.557. The van der Waals surface area contributed by atoms with Crippen molar-refractivity contribution in [1.82, 2.24) is 14.9 Å². The molecular weight excluding hydrogens is 288 g/mol. The van der Waals surface area contributed by atoms with E-state index in [1.807, 2.05) is 6.20 Å². The Hall–Kier alpha value is -2.06. The molecule has 4 rings (SSSR count). The number of nitrogens with zero attached hydrogens (tertiary/aromatic N) is 3. The summed E-state index contributed by atoms with van der Waals surface area (Å²) in [5.74, 6) is 1.15. The first-order valence-electron chi connectivity index (χ1n) is 8.51. The second-order valence-electron chi connectivity index (χ2n) is 6.67. The number of H-pyrrole nitrogens is 1. The fourth-order valence-corrected chi connectivity index (χ4v) is 3.70. The minimum atomic E-state index is 0.557. The average molecular weight is 310 g/mol. The van der Waals surface area contributed by atoms with E-state index in [0.29, 0.717) is 11.8 Å². The molecule has 0 unspecified atom stereocenters. The van der Waals surface area contributed by atoms with Crippen LogP contribution in [0.5, 0.6) is 5.88 Å². The van der Waals surface area contributed by atoms with E-state index in [0.717, 1.165) is 41.8 Å². The first-order valence-corrected chi connectivity index (χ1v) is 8.51. The lowest BCUT2D eigenvalue weighted by Gasteiger charge is -2.25. The number of likely N-dealkylation sites (tertiary alicyclic amines) is 1. The van der Waals surface area contributed by atoms with E-state index in [1.165, 1.54) is 37.7 Å². The Morgan fingerprint density at radius 3 is 2.78 bits per heavy atom. The normalized spacial score (nSPS) is 19.0. The highest BCUT2D eigenvalue weighted by Crippen LogP contribution is 2.45. The fourth-order valence-electron chi connectivity index (χ4n) is 3.70. The first-order chi connectivity index (χ1) is 11.3. The number of pyridine rings is 1. The van der Waals surface area contributed by atoms with Crippen molar-refractivity contribution in [2.45, 2.75) is 44.6 Å². The van der Waals surface area contributed by atoms with Gasteiger partial charge < -0.3 is 9.72 Å². The molecule has 1 saturated carbocycles. The van der Waals surface area contributed by atoms with Gasteiger partial charge in [-0.3, -0.25) is 4.90 Å². The molecule has 23 heavy (non-hydrogen) atoms. The molecule has 0 atom stereocenters. The lowest BCUT2D eigenvalue weighted by molar-refractivity contribution is 0.219. The molecule has 0 amide bonds. The van der Waals surface area contributed by atoms with Gasteiger partial charge in [-0.05, 0) is 50.3 Å². The van der Waals surface area contributed by atoms with Crippen molar-refractivity contribution in [2.75, 3.05) is 20.2 Å². The summed E-state index contributed by atoms with van der Waals surface area (Å²) in [6, 6.07) is 2.44. The molecular formula is C18H22N4O. The standard InChI is InChI=1S/C18H22N4O/c1-23-18-17-16(14(10-20-18)12-5-6-12)13(9-19)15(21-17)11-22-7-3-2-4-8-22/h10,12,21H,2-8,11H2,1H3. The van der Waals surface area contributed by atoms with Crippen LogP contribution in [0.25, 0.3) is 10.9 Å². The van der Waals surface area contributed by atoms with Gasteiger partial charge in [0.1, 0.15) is 11.6 Å². The van der Waals surface area contributed by atoms with Gasteiger partial charge in [0.15, 0.2) is 0 Å². The number of hydrogen-bond donors (Lipinski definition) is 1. The zero-order valence-electron chi connectivity index (χ0n) is 13.6. The van der Waals surface area contributed by atoms with Gasteiger partial charge in [-0.15, -0.1) is 0 Å². The van der Waals surface area contributed by atoms with Crippen LogP contribution in [0, 0.1) is 11.3 Å². The molecule has 2 aliphatic rings. The van der Waals surface area contributed by atoms with Gasteiger partial charge in [-0.2, -0.15) is 5.26 Å². The summed E-state index contributed by atoms with van der Waals surface area (Å²) in [5, 5.41) is 10.8. The third-order valence-electron chi connectivity index (χ3n) is 5.05. The van der Waals surface area contributed by atoms with Crippen molar-refractivity contribution in [3.63, 3.8) is 0 Å². The van der Waals surface area contributed by atoms with Crippen LogP contribution in [0.2, 0.25) is 0 Å². The summed E-state index contributed by atoms with van der Waals surface area (Å²) in [5.41, 5.74) is 3.89. The van der Waals surface area contributed by atoms with E-state index in [2.05, 4.69) is 20.9 Å². The molecule has 5 heteroatoms. The first kappa shape index (κ1) is 14.5. The quantitative estimate of drug-likeness (QED) is 0.941. The highest BCUT2D eigenvalue weighted by atomic mass is 16.5. The number of piperidine rings is 1. The predicted molar refractivity (Wildman–Crippen MR) is 88.5 cm³/mol. The summed E-state index contributed by atoms with van der Waals surface area (Å²) in [7, 11) is 1.63. The van der Waals surface area contributed by atoms with Gasteiger partial charge >= 0.3 is 0 Å². The molecule has 1 N–H and O–H groups in total. The summed E-state index contributed by atoms with van der Waals surface area (Å²) in [6.07, 6.45) is 8.11. The van der Waals surface area contributed by atoms with E-state index < -0.39 is 0 Å². The minimum Gasteiger partial charge on any atom is -0.479 e. The number of methoxy groups -OCH3 is 1. The Kier molecular flexibility index (Phi) is 3.70. The Morgan fingerprint density at radius 1 is 1.35 bits per heavy atom. The van der Waals surface area contributed by atoms with Crippen molar-refractivity contribution in [1.29, 1.82) is 5.26 Å². The van der Waals surface area contributed by atoms with Gasteiger partial charge in [0, 0.05) is 23.8 Å². The van der Waals surface area contributed by atoms with Crippen LogP contribution in [-0.4, -0.2) is 35.1 Å². The summed E-state index contributed by atoms with van der Waals surface area (Å²) in [4.78, 5) is 10.3. The van der Waals surface area contributed by atoms with Crippen LogP contribution in [0.3, 0.4) is 0 Å². The molecule has 5 nitrogen and oxygen atoms in total. The van der Waals surface area contributed by atoms with Gasteiger partial charge in [-0.25, -0.2) is 4.98 Å². The Labute approximate surface area is 136 Å². The average Bonchev–Trinajstić information content (AvgIpc) is 3.36. The van der Waals surface area contributed by atoms with Crippen LogP contribution >= 0.6 is 0 Å². The van der Waals surface area contributed by atoms with Gasteiger partial charge in [-0.1, -0.05) is 6.42 Å². The fraction of sp³-hybridized carbons (Fsp3) is 0.556. The molecule has 0 bridgehead atoms. The highest BCUT2D eigenvalue weighted by Gasteiger charge is 2.30. The SMILES string of the molecule is COc1ncc(C2CC2)c2c(C#N)c(CN3CCCCC3)[nH]c12. The maximum atomic E-state index is 9.78. The maximum absolute atomic E-state index is 9.78. The number of nitrogens with one attached hydrogen (secondary N) is 1. The Morgan fingerprint density at radius 2 is 2.13 bits per heavy atom. The zero-order chi connectivity index (χ0) is 15.8. The summed E-state index contributed by atoms with van der Waals surface area (Å²) >= 11 is 0. The second kappa shape index (κ2) is 5.86. The van der Waals surface area contributed by atoms with Crippen molar-refractivity contribution in [3.05, 3.63) is 23.0 Å². The van der Waals surface area contributed by atoms with Crippen LogP contribution in [0.4, 0.5) is 0 Å². The molecule has 1 aliphatic heterocycles. The maximum Gasteiger partial charge on any atom is 0.238 e. The molecule has 2 aromatic rings. The topological polar surface area (TPSA) is 64.9 Å². The predicted octanol–water partition coefficient (Wildman–Crippen LogP) is 3.31. The number of aromatic amines is 1. The van der Waals surface area contributed by atoms with E-state index in [9.17, 15) is 5.26 Å². The monoisotopic (exact) mass is 310 g/mol. The van der Waals surface area contributed by atoms with Crippen LogP contribution in [0.1, 0.15) is 54.8 Å². The smallest absolute Gasteiger partial charge is 0.238 e. The lowest BCUT2D eigenvalue weighted by atomic mass is 10.0. The number of fused-ring (bicyclic) bond motifs is 1. The summed E-state index contributed by atoms with van der Waals surface area (Å²) in [6.45, 7) is 3.04. The number of hydrogen-bond acceptors (Lipinski definition) is 4. The second-order valence-corrected chi connectivity index (χ2v) is 6.67. The number of ether oxygens (including phenoxy) is 1. The number of nitriles is 1. The summed E-state index contributed by atoms with van der Waals surface area (Å²) < 4.78 is 5.42. The molecule has 3 heterocycles. The van der Waals surface area contributed by atoms with Crippen LogP contribution in [-0.2, 0) is 6.54 Å². The van der Waals surface area contributed by atoms with Crippen molar-refractivity contribution in [2.24, 2.45) is 0 Å². The molecule has 1 aliphatic carbocycles. The number of rotatable bonds is 4. The Balaban J connectivity index is 1.81. The van der Waals surface area contributed by atoms with Gasteiger partial charge in [0.05, 0.1) is 12.7 Å². The van der Waals surface area contributed by atoms with Crippen molar-refractivity contribution < 1.29 is 4.74 Å². The van der Waals surface area contributed by atoms with E-state index >= 15 is 0 Å².